The van der Waals surface area contributed by atoms with Crippen molar-refractivity contribution in [1.82, 2.24) is 4.90 Å². The van der Waals surface area contributed by atoms with Crippen molar-refractivity contribution in [3.8, 4) is 0 Å². The van der Waals surface area contributed by atoms with Gasteiger partial charge in [-0.15, -0.1) is 0 Å². The highest BCUT2D eigenvalue weighted by Gasteiger charge is 2.29. The van der Waals surface area contributed by atoms with Crippen LogP contribution in [0.15, 0.2) is 22.5 Å². The van der Waals surface area contributed by atoms with Crippen molar-refractivity contribution < 1.29 is 4.39 Å². The van der Waals surface area contributed by atoms with Crippen LogP contribution in [-0.2, 0) is 0 Å². The molecule has 0 saturated heterocycles. The number of fused-ring (bicyclic) bond motifs is 1. The molecule has 0 aliphatic heterocycles. The lowest BCUT2D eigenvalue weighted by atomic mass is 9.86. The van der Waals surface area contributed by atoms with E-state index in [1.807, 2.05) is 0 Å². The predicted molar refractivity (Wildman–Crippen MR) is 56.8 cm³/mol. The molecule has 1 fully saturated rings. The maximum atomic E-state index is 13.5. The van der Waals surface area contributed by atoms with Crippen LogP contribution in [0.25, 0.3) is 0 Å². The molecule has 1 nitrogen and oxygen atoms in total. The summed E-state index contributed by atoms with van der Waals surface area (Å²) < 4.78 is 13.5. The largest absolute Gasteiger partial charge is 0.306 e. The minimum absolute atomic E-state index is 0.134. The highest BCUT2D eigenvalue weighted by Crippen LogP contribution is 2.42. The van der Waals surface area contributed by atoms with Crippen LogP contribution in [0.5, 0.6) is 0 Å². The molecular formula is C12H18FN. The van der Waals surface area contributed by atoms with Gasteiger partial charge in [-0.2, -0.15) is 0 Å². The minimum atomic E-state index is 0.134. The van der Waals surface area contributed by atoms with Crippen molar-refractivity contribution >= 4 is 0 Å². The van der Waals surface area contributed by atoms with Gasteiger partial charge in [0.25, 0.3) is 0 Å². The zero-order valence-electron chi connectivity index (χ0n) is 9.23. The fourth-order valence-corrected chi connectivity index (χ4v) is 2.54. The van der Waals surface area contributed by atoms with Crippen LogP contribution >= 0.6 is 0 Å². The van der Waals surface area contributed by atoms with Crippen LogP contribution in [-0.4, -0.2) is 25.0 Å². The standard InChI is InChI=1S/C12H18FN/c1-8-6-12(13)10-5-4-9(14(2)3)7-11(8)10/h9H,4-7H2,1-3H3. The van der Waals surface area contributed by atoms with Crippen LogP contribution in [0.3, 0.4) is 0 Å². The predicted octanol–water partition coefficient (Wildman–Crippen LogP) is 3.04. The van der Waals surface area contributed by atoms with E-state index in [0.717, 1.165) is 24.8 Å². The SMILES string of the molecule is CC1=C2CC(N(C)C)CCC2=C(F)C1. The van der Waals surface area contributed by atoms with Crippen molar-refractivity contribution in [3.05, 3.63) is 22.5 Å². The monoisotopic (exact) mass is 195 g/mol. The zero-order chi connectivity index (χ0) is 10.3. The van der Waals surface area contributed by atoms with Gasteiger partial charge in [-0.1, -0.05) is 5.57 Å². The third-order valence-corrected chi connectivity index (χ3v) is 3.52. The highest BCUT2D eigenvalue weighted by molar-refractivity contribution is 5.46. The minimum Gasteiger partial charge on any atom is -0.306 e. The van der Waals surface area contributed by atoms with Gasteiger partial charge in [0.05, 0.1) is 0 Å². The lowest BCUT2D eigenvalue weighted by Gasteiger charge is -2.30. The Labute approximate surface area is 85.3 Å². The summed E-state index contributed by atoms with van der Waals surface area (Å²) in [6.45, 7) is 2.07. The quantitative estimate of drug-likeness (QED) is 0.621. The van der Waals surface area contributed by atoms with E-state index >= 15 is 0 Å². The molecule has 2 aliphatic rings. The lowest BCUT2D eigenvalue weighted by molar-refractivity contribution is 0.266. The van der Waals surface area contributed by atoms with Gasteiger partial charge >= 0.3 is 0 Å². The van der Waals surface area contributed by atoms with E-state index in [9.17, 15) is 4.39 Å². The third-order valence-electron chi connectivity index (χ3n) is 3.52. The number of allylic oxidation sites excluding steroid dienone is 3. The summed E-state index contributed by atoms with van der Waals surface area (Å²) in [5.41, 5.74) is 3.59. The van der Waals surface area contributed by atoms with E-state index < -0.39 is 0 Å². The Balaban J connectivity index is 2.21. The van der Waals surface area contributed by atoms with Crippen LogP contribution in [0.2, 0.25) is 0 Å². The van der Waals surface area contributed by atoms with Crippen LogP contribution < -0.4 is 0 Å². The summed E-state index contributed by atoms with van der Waals surface area (Å²) >= 11 is 0. The molecule has 0 radical (unpaired) electrons. The average molecular weight is 195 g/mol. The van der Waals surface area contributed by atoms with Crippen molar-refractivity contribution in [3.63, 3.8) is 0 Å². The van der Waals surface area contributed by atoms with Crippen molar-refractivity contribution in [2.24, 2.45) is 0 Å². The van der Waals surface area contributed by atoms with Crippen molar-refractivity contribution in [2.45, 2.75) is 38.6 Å². The second kappa shape index (κ2) is 3.50. The summed E-state index contributed by atoms with van der Waals surface area (Å²) in [4.78, 5) is 2.26. The van der Waals surface area contributed by atoms with E-state index in [0.29, 0.717) is 12.5 Å². The lowest BCUT2D eigenvalue weighted by Crippen LogP contribution is -2.31. The van der Waals surface area contributed by atoms with E-state index in [4.69, 9.17) is 0 Å². The number of nitrogens with zero attached hydrogens (tertiary/aromatic N) is 1. The van der Waals surface area contributed by atoms with Gasteiger partial charge in [-0.25, -0.2) is 4.39 Å². The van der Waals surface area contributed by atoms with Crippen LogP contribution in [0, 0.1) is 0 Å². The van der Waals surface area contributed by atoms with E-state index in [1.165, 1.54) is 11.1 Å². The van der Waals surface area contributed by atoms with Gasteiger partial charge in [0.2, 0.25) is 0 Å². The summed E-state index contributed by atoms with van der Waals surface area (Å²) in [7, 11) is 4.22. The van der Waals surface area contributed by atoms with Gasteiger partial charge in [-0.3, -0.25) is 0 Å². The second-order valence-electron chi connectivity index (χ2n) is 4.68. The summed E-state index contributed by atoms with van der Waals surface area (Å²) in [5.74, 6) is 0.134. The van der Waals surface area contributed by atoms with Gasteiger partial charge in [0.15, 0.2) is 0 Å². The zero-order valence-corrected chi connectivity index (χ0v) is 9.23. The van der Waals surface area contributed by atoms with Crippen molar-refractivity contribution in [2.75, 3.05) is 14.1 Å². The Morgan fingerprint density at radius 3 is 2.64 bits per heavy atom. The molecule has 0 aromatic heterocycles. The average Bonchev–Trinajstić information content (AvgIpc) is 2.42. The molecule has 2 aliphatic carbocycles. The normalized spacial score (nSPS) is 27.6. The van der Waals surface area contributed by atoms with Gasteiger partial charge < -0.3 is 4.90 Å². The molecule has 0 aromatic rings. The Kier molecular flexibility index (Phi) is 2.48. The molecule has 0 bridgehead atoms. The summed E-state index contributed by atoms with van der Waals surface area (Å²) in [6.07, 6.45) is 3.65. The summed E-state index contributed by atoms with van der Waals surface area (Å²) in [6, 6.07) is 0.606. The molecule has 78 valence electrons. The van der Waals surface area contributed by atoms with Crippen molar-refractivity contribution in [1.29, 1.82) is 0 Å². The first-order chi connectivity index (χ1) is 6.59. The molecule has 0 spiro atoms. The molecule has 14 heavy (non-hydrogen) atoms. The Morgan fingerprint density at radius 1 is 1.29 bits per heavy atom. The molecule has 2 heteroatoms. The number of halogens is 1. The first-order valence-electron chi connectivity index (χ1n) is 5.32. The van der Waals surface area contributed by atoms with Crippen LogP contribution in [0.4, 0.5) is 4.39 Å². The maximum absolute atomic E-state index is 13.5. The topological polar surface area (TPSA) is 3.24 Å². The Bertz CT molecular complexity index is 312. The molecule has 1 atom stereocenters. The van der Waals surface area contributed by atoms with Crippen LogP contribution in [0.1, 0.15) is 32.6 Å². The van der Waals surface area contributed by atoms with Gasteiger partial charge in [0.1, 0.15) is 5.83 Å². The smallest absolute Gasteiger partial charge is 0.107 e. The number of rotatable bonds is 1. The molecule has 0 amide bonds. The fraction of sp³-hybridized carbons (Fsp3) is 0.667. The van der Waals surface area contributed by atoms with E-state index in [2.05, 4.69) is 25.9 Å². The molecule has 0 heterocycles. The Hall–Kier alpha value is -0.630. The molecule has 1 unspecified atom stereocenters. The molecule has 1 saturated carbocycles. The molecule has 2 rings (SSSR count). The van der Waals surface area contributed by atoms with Gasteiger partial charge in [-0.05, 0) is 51.4 Å². The first kappa shape index (κ1) is 9.91. The molecule has 0 N–H and O–H groups in total. The van der Waals surface area contributed by atoms with E-state index in [1.54, 1.807) is 0 Å². The van der Waals surface area contributed by atoms with Gasteiger partial charge in [0, 0.05) is 12.5 Å². The highest BCUT2D eigenvalue weighted by atomic mass is 19.1. The molecular weight excluding hydrogens is 177 g/mol. The first-order valence-corrected chi connectivity index (χ1v) is 5.32. The number of hydrogen-bond acceptors (Lipinski definition) is 1. The molecule has 0 aromatic carbocycles. The third kappa shape index (κ3) is 1.52. The Morgan fingerprint density at radius 2 is 2.00 bits per heavy atom. The number of hydrogen-bond donors (Lipinski definition) is 0. The second-order valence-corrected chi connectivity index (χ2v) is 4.68. The van der Waals surface area contributed by atoms with E-state index in [-0.39, 0.29) is 5.83 Å². The maximum Gasteiger partial charge on any atom is 0.107 e. The summed E-state index contributed by atoms with van der Waals surface area (Å²) in [5, 5.41) is 0. The fourth-order valence-electron chi connectivity index (χ4n) is 2.54.